The molecule has 2 rings (SSSR count). The van der Waals surface area contributed by atoms with E-state index in [2.05, 4.69) is 18.7 Å². The van der Waals surface area contributed by atoms with Gasteiger partial charge in [0, 0.05) is 36.2 Å². The Labute approximate surface area is 119 Å². The molecule has 2 N–H and O–H groups in total. The summed E-state index contributed by atoms with van der Waals surface area (Å²) < 4.78 is 13.3. The quantitative estimate of drug-likeness (QED) is 0.920. The van der Waals surface area contributed by atoms with Crippen molar-refractivity contribution in [1.82, 2.24) is 4.90 Å². The molecular formula is C15H23FN2S. The maximum atomic E-state index is 13.3. The standard InChI is InChI=1S/C15H23FN2S/c1-12-10-19-7-6-18(12)15(2,11-17)9-13-4-3-5-14(16)8-13/h3-5,8,12H,6-7,9-11,17H2,1-2H3. The molecule has 106 valence electrons. The molecule has 0 aliphatic carbocycles. The van der Waals surface area contributed by atoms with Gasteiger partial charge in [0.25, 0.3) is 0 Å². The second-order valence-electron chi connectivity index (χ2n) is 5.63. The minimum absolute atomic E-state index is 0.0891. The zero-order valence-corrected chi connectivity index (χ0v) is 12.5. The number of hydrogen-bond acceptors (Lipinski definition) is 3. The van der Waals surface area contributed by atoms with E-state index in [4.69, 9.17) is 5.73 Å². The predicted molar refractivity (Wildman–Crippen MR) is 81.1 cm³/mol. The topological polar surface area (TPSA) is 29.3 Å². The number of benzene rings is 1. The van der Waals surface area contributed by atoms with Gasteiger partial charge < -0.3 is 5.73 Å². The van der Waals surface area contributed by atoms with Gasteiger partial charge in [-0.2, -0.15) is 11.8 Å². The van der Waals surface area contributed by atoms with Gasteiger partial charge in [0.2, 0.25) is 0 Å². The minimum atomic E-state index is -0.167. The first kappa shape index (κ1) is 14.8. The Bertz CT molecular complexity index is 426. The fourth-order valence-electron chi connectivity index (χ4n) is 2.91. The maximum absolute atomic E-state index is 13.3. The molecule has 0 bridgehead atoms. The molecule has 0 aromatic heterocycles. The Hall–Kier alpha value is -0.580. The summed E-state index contributed by atoms with van der Waals surface area (Å²) in [4.78, 5) is 2.49. The van der Waals surface area contributed by atoms with Crippen molar-refractivity contribution in [3.05, 3.63) is 35.6 Å². The van der Waals surface area contributed by atoms with Crippen LogP contribution in [0.5, 0.6) is 0 Å². The monoisotopic (exact) mass is 282 g/mol. The van der Waals surface area contributed by atoms with Crippen LogP contribution in [0.2, 0.25) is 0 Å². The zero-order valence-electron chi connectivity index (χ0n) is 11.7. The third-order valence-electron chi connectivity index (χ3n) is 3.97. The van der Waals surface area contributed by atoms with E-state index in [0.717, 1.165) is 30.0 Å². The summed E-state index contributed by atoms with van der Waals surface area (Å²) in [7, 11) is 0. The van der Waals surface area contributed by atoms with E-state index in [1.54, 1.807) is 12.1 Å². The van der Waals surface area contributed by atoms with Crippen LogP contribution in [0, 0.1) is 5.82 Å². The predicted octanol–water partition coefficient (Wildman–Crippen LogP) is 2.52. The number of rotatable bonds is 4. The molecule has 0 spiro atoms. The lowest BCUT2D eigenvalue weighted by Crippen LogP contribution is -2.59. The molecule has 2 atom stereocenters. The van der Waals surface area contributed by atoms with Crippen molar-refractivity contribution >= 4 is 11.8 Å². The molecule has 1 aromatic rings. The third-order valence-corrected chi connectivity index (χ3v) is 5.16. The van der Waals surface area contributed by atoms with Gasteiger partial charge in [-0.05, 0) is 38.0 Å². The number of hydrogen-bond donors (Lipinski definition) is 1. The van der Waals surface area contributed by atoms with Crippen LogP contribution in [0.25, 0.3) is 0 Å². The first-order valence-electron chi connectivity index (χ1n) is 6.84. The van der Waals surface area contributed by atoms with E-state index >= 15 is 0 Å². The lowest BCUT2D eigenvalue weighted by molar-refractivity contribution is 0.0818. The summed E-state index contributed by atoms with van der Waals surface area (Å²) >= 11 is 2.00. The molecule has 0 amide bonds. The number of nitrogens with zero attached hydrogens (tertiary/aromatic N) is 1. The van der Waals surface area contributed by atoms with Crippen LogP contribution in [0.4, 0.5) is 4.39 Å². The molecule has 1 fully saturated rings. The van der Waals surface area contributed by atoms with E-state index < -0.39 is 0 Å². The summed E-state index contributed by atoms with van der Waals surface area (Å²) in [6, 6.07) is 7.40. The van der Waals surface area contributed by atoms with Gasteiger partial charge in [0.05, 0.1) is 0 Å². The SMILES string of the molecule is CC1CSCCN1C(C)(CN)Cc1cccc(F)c1. The summed E-state index contributed by atoms with van der Waals surface area (Å²) in [6.45, 7) is 6.11. The van der Waals surface area contributed by atoms with Crippen LogP contribution in [-0.2, 0) is 6.42 Å². The number of thioether (sulfide) groups is 1. The largest absolute Gasteiger partial charge is 0.329 e. The van der Waals surface area contributed by atoms with Crippen LogP contribution in [0.3, 0.4) is 0 Å². The molecule has 4 heteroatoms. The smallest absolute Gasteiger partial charge is 0.123 e. The van der Waals surface area contributed by atoms with Crippen molar-refractivity contribution in [3.63, 3.8) is 0 Å². The molecule has 2 unspecified atom stereocenters. The van der Waals surface area contributed by atoms with Crippen molar-refractivity contribution in [1.29, 1.82) is 0 Å². The first-order chi connectivity index (χ1) is 9.05. The maximum Gasteiger partial charge on any atom is 0.123 e. The van der Waals surface area contributed by atoms with Gasteiger partial charge in [-0.3, -0.25) is 4.90 Å². The van der Waals surface area contributed by atoms with E-state index in [-0.39, 0.29) is 11.4 Å². The van der Waals surface area contributed by atoms with Crippen LogP contribution < -0.4 is 5.73 Å². The average Bonchev–Trinajstić information content (AvgIpc) is 2.39. The van der Waals surface area contributed by atoms with Crippen molar-refractivity contribution < 1.29 is 4.39 Å². The van der Waals surface area contributed by atoms with Crippen LogP contribution >= 0.6 is 11.8 Å². The van der Waals surface area contributed by atoms with Crippen molar-refractivity contribution in [2.75, 3.05) is 24.6 Å². The number of halogens is 1. The highest BCUT2D eigenvalue weighted by molar-refractivity contribution is 7.99. The van der Waals surface area contributed by atoms with Gasteiger partial charge in [0.15, 0.2) is 0 Å². The van der Waals surface area contributed by atoms with E-state index in [0.29, 0.717) is 12.6 Å². The van der Waals surface area contributed by atoms with E-state index in [1.807, 2.05) is 17.8 Å². The summed E-state index contributed by atoms with van der Waals surface area (Å²) in [6.07, 6.45) is 0.802. The molecule has 2 nitrogen and oxygen atoms in total. The fourth-order valence-corrected chi connectivity index (χ4v) is 3.92. The van der Waals surface area contributed by atoms with Gasteiger partial charge in [-0.15, -0.1) is 0 Å². The molecule has 1 heterocycles. The molecule has 0 saturated carbocycles. The molecule has 1 saturated heterocycles. The highest BCUT2D eigenvalue weighted by atomic mass is 32.2. The molecule has 1 aromatic carbocycles. The second-order valence-corrected chi connectivity index (χ2v) is 6.77. The van der Waals surface area contributed by atoms with Gasteiger partial charge in [-0.25, -0.2) is 4.39 Å². The number of nitrogens with two attached hydrogens (primary N) is 1. The Kier molecular flexibility index (Phi) is 4.87. The first-order valence-corrected chi connectivity index (χ1v) is 7.99. The lowest BCUT2D eigenvalue weighted by Gasteiger charge is -2.46. The molecule has 0 radical (unpaired) electrons. The van der Waals surface area contributed by atoms with Crippen LogP contribution in [0.1, 0.15) is 19.4 Å². The minimum Gasteiger partial charge on any atom is -0.329 e. The molecule has 1 aliphatic rings. The van der Waals surface area contributed by atoms with Gasteiger partial charge >= 0.3 is 0 Å². The van der Waals surface area contributed by atoms with Gasteiger partial charge in [0.1, 0.15) is 5.82 Å². The molecule has 19 heavy (non-hydrogen) atoms. The molecular weight excluding hydrogens is 259 g/mol. The molecule has 1 aliphatic heterocycles. The van der Waals surface area contributed by atoms with Crippen molar-refractivity contribution in [2.45, 2.75) is 31.8 Å². The van der Waals surface area contributed by atoms with E-state index in [9.17, 15) is 4.39 Å². The normalized spacial score (nSPS) is 24.1. The lowest BCUT2D eigenvalue weighted by atomic mass is 9.89. The Morgan fingerprint density at radius 1 is 1.53 bits per heavy atom. The van der Waals surface area contributed by atoms with Gasteiger partial charge in [-0.1, -0.05) is 12.1 Å². The van der Waals surface area contributed by atoms with Crippen LogP contribution in [-0.4, -0.2) is 41.1 Å². The Morgan fingerprint density at radius 2 is 2.32 bits per heavy atom. The Morgan fingerprint density at radius 3 is 2.95 bits per heavy atom. The highest BCUT2D eigenvalue weighted by Gasteiger charge is 2.35. The summed E-state index contributed by atoms with van der Waals surface area (Å²) in [5.74, 6) is 2.14. The Balaban J connectivity index is 2.17. The summed E-state index contributed by atoms with van der Waals surface area (Å²) in [5, 5.41) is 0. The zero-order chi connectivity index (χ0) is 13.9. The van der Waals surface area contributed by atoms with Crippen molar-refractivity contribution in [2.24, 2.45) is 5.73 Å². The summed E-state index contributed by atoms with van der Waals surface area (Å²) in [5.41, 5.74) is 6.98. The second kappa shape index (κ2) is 6.25. The van der Waals surface area contributed by atoms with E-state index in [1.165, 1.54) is 6.07 Å². The van der Waals surface area contributed by atoms with Crippen molar-refractivity contribution in [3.8, 4) is 0 Å². The third kappa shape index (κ3) is 3.50. The fraction of sp³-hybridized carbons (Fsp3) is 0.600. The highest BCUT2D eigenvalue weighted by Crippen LogP contribution is 2.27. The van der Waals surface area contributed by atoms with Crippen LogP contribution in [0.15, 0.2) is 24.3 Å². The average molecular weight is 282 g/mol.